The standard InChI is InChI=1S/C20H23N5O/c1-15-7-5-10-19-22-17(14-25(15)19)20(26)23(2)16-8-6-12-24(13-16)18-9-3-4-11-21-18/h3-5,7,9-11,14,16H,6,8,12-13H2,1-2H3. The summed E-state index contributed by atoms with van der Waals surface area (Å²) in [6, 6.07) is 12.0. The Kier molecular flexibility index (Phi) is 4.32. The average molecular weight is 349 g/mol. The molecule has 1 fully saturated rings. The van der Waals surface area contributed by atoms with Crippen LogP contribution >= 0.6 is 0 Å². The zero-order valence-electron chi connectivity index (χ0n) is 15.2. The summed E-state index contributed by atoms with van der Waals surface area (Å²) in [6.07, 6.45) is 5.69. The zero-order chi connectivity index (χ0) is 18.1. The molecule has 3 aromatic heterocycles. The smallest absolute Gasteiger partial charge is 0.274 e. The van der Waals surface area contributed by atoms with Crippen LogP contribution in [0.4, 0.5) is 5.82 Å². The summed E-state index contributed by atoms with van der Waals surface area (Å²) in [5.74, 6) is 0.947. The molecule has 1 unspecified atom stereocenters. The molecule has 4 heterocycles. The summed E-state index contributed by atoms with van der Waals surface area (Å²) in [5, 5.41) is 0. The van der Waals surface area contributed by atoms with E-state index in [9.17, 15) is 4.79 Å². The fourth-order valence-electron chi connectivity index (χ4n) is 3.62. The number of carbonyl (C=O) groups excluding carboxylic acids is 1. The quantitative estimate of drug-likeness (QED) is 0.730. The lowest BCUT2D eigenvalue weighted by molar-refractivity contribution is 0.0712. The number of amides is 1. The van der Waals surface area contributed by atoms with Crippen molar-refractivity contribution in [1.29, 1.82) is 0 Å². The number of piperidine rings is 1. The first-order valence-electron chi connectivity index (χ1n) is 9.01. The third-order valence-electron chi connectivity index (χ3n) is 5.15. The first-order chi connectivity index (χ1) is 12.6. The van der Waals surface area contributed by atoms with E-state index in [2.05, 4.69) is 14.9 Å². The van der Waals surface area contributed by atoms with Gasteiger partial charge in [0.05, 0.1) is 0 Å². The van der Waals surface area contributed by atoms with E-state index in [1.165, 1.54) is 0 Å². The Morgan fingerprint density at radius 2 is 2.12 bits per heavy atom. The van der Waals surface area contributed by atoms with Crippen LogP contribution in [0.15, 0.2) is 48.8 Å². The molecule has 0 aliphatic carbocycles. The lowest BCUT2D eigenvalue weighted by Crippen LogP contribution is -2.49. The van der Waals surface area contributed by atoms with Crippen LogP contribution in [-0.2, 0) is 0 Å². The molecule has 0 aromatic carbocycles. The van der Waals surface area contributed by atoms with Crippen LogP contribution in [-0.4, -0.2) is 51.4 Å². The van der Waals surface area contributed by atoms with Crippen molar-refractivity contribution < 1.29 is 4.79 Å². The minimum atomic E-state index is -0.0269. The minimum absolute atomic E-state index is 0.0269. The molecule has 0 saturated carbocycles. The van der Waals surface area contributed by atoms with Gasteiger partial charge in [0.25, 0.3) is 5.91 Å². The number of hydrogen-bond acceptors (Lipinski definition) is 4. The number of fused-ring (bicyclic) bond motifs is 1. The third-order valence-corrected chi connectivity index (χ3v) is 5.15. The SMILES string of the molecule is Cc1cccc2nc(C(=O)N(C)C3CCCN(c4ccccn4)C3)cn12. The lowest BCUT2D eigenvalue weighted by atomic mass is 10.0. The zero-order valence-corrected chi connectivity index (χ0v) is 15.2. The molecule has 1 aliphatic heterocycles. The topological polar surface area (TPSA) is 53.7 Å². The number of aromatic nitrogens is 3. The molecule has 134 valence electrons. The molecule has 26 heavy (non-hydrogen) atoms. The Bertz CT molecular complexity index is 920. The van der Waals surface area contributed by atoms with Gasteiger partial charge in [0.15, 0.2) is 0 Å². The summed E-state index contributed by atoms with van der Waals surface area (Å²) in [5.41, 5.74) is 2.37. The fourth-order valence-corrected chi connectivity index (χ4v) is 3.62. The molecule has 1 amide bonds. The van der Waals surface area contributed by atoms with Gasteiger partial charge in [-0.15, -0.1) is 0 Å². The molecule has 0 N–H and O–H groups in total. The van der Waals surface area contributed by atoms with Crippen LogP contribution in [0.5, 0.6) is 0 Å². The van der Waals surface area contributed by atoms with E-state index >= 15 is 0 Å². The fraction of sp³-hybridized carbons (Fsp3) is 0.350. The van der Waals surface area contributed by atoms with Crippen molar-refractivity contribution in [2.45, 2.75) is 25.8 Å². The van der Waals surface area contributed by atoms with E-state index in [1.807, 2.05) is 72.1 Å². The van der Waals surface area contributed by atoms with Crippen molar-refractivity contribution in [2.24, 2.45) is 0 Å². The second-order valence-corrected chi connectivity index (χ2v) is 6.87. The largest absolute Gasteiger partial charge is 0.355 e. The number of carbonyl (C=O) groups is 1. The van der Waals surface area contributed by atoms with Crippen LogP contribution in [0.25, 0.3) is 5.65 Å². The second kappa shape index (κ2) is 6.78. The van der Waals surface area contributed by atoms with Gasteiger partial charge in [-0.1, -0.05) is 12.1 Å². The third kappa shape index (κ3) is 3.03. The molecule has 1 atom stereocenters. The maximum atomic E-state index is 13.0. The van der Waals surface area contributed by atoms with E-state index in [0.29, 0.717) is 5.69 Å². The maximum absolute atomic E-state index is 13.0. The summed E-state index contributed by atoms with van der Waals surface area (Å²) in [6.45, 7) is 3.78. The molecule has 1 aliphatic rings. The molecule has 0 radical (unpaired) electrons. The van der Waals surface area contributed by atoms with Gasteiger partial charge in [-0.25, -0.2) is 9.97 Å². The van der Waals surface area contributed by atoms with Crippen molar-refractivity contribution in [3.63, 3.8) is 0 Å². The Morgan fingerprint density at radius 1 is 1.23 bits per heavy atom. The number of anilines is 1. The Hall–Kier alpha value is -2.89. The van der Waals surface area contributed by atoms with E-state index in [1.54, 1.807) is 0 Å². The van der Waals surface area contributed by atoms with Gasteiger partial charge in [0, 0.05) is 44.3 Å². The number of pyridine rings is 2. The molecular weight excluding hydrogens is 326 g/mol. The van der Waals surface area contributed by atoms with Gasteiger partial charge in [-0.3, -0.25) is 4.79 Å². The van der Waals surface area contributed by atoms with Crippen LogP contribution in [0, 0.1) is 6.92 Å². The average Bonchev–Trinajstić information content (AvgIpc) is 3.13. The normalized spacial score (nSPS) is 17.5. The molecule has 0 bridgehead atoms. The predicted molar refractivity (Wildman–Crippen MR) is 101 cm³/mol. The van der Waals surface area contributed by atoms with Gasteiger partial charge in [-0.05, 0) is 44.0 Å². The van der Waals surface area contributed by atoms with E-state index < -0.39 is 0 Å². The number of aryl methyl sites for hydroxylation is 1. The predicted octanol–water partition coefficient (Wildman–Crippen LogP) is 2.78. The number of rotatable bonds is 3. The summed E-state index contributed by atoms with van der Waals surface area (Å²) in [4.78, 5) is 26.0. The molecule has 6 heteroatoms. The highest BCUT2D eigenvalue weighted by Crippen LogP contribution is 2.21. The van der Waals surface area contributed by atoms with Crippen LogP contribution in [0.2, 0.25) is 0 Å². The molecule has 6 nitrogen and oxygen atoms in total. The highest BCUT2D eigenvalue weighted by molar-refractivity contribution is 5.93. The van der Waals surface area contributed by atoms with Crippen LogP contribution in [0.1, 0.15) is 29.0 Å². The van der Waals surface area contributed by atoms with Crippen LogP contribution in [0.3, 0.4) is 0 Å². The number of nitrogens with zero attached hydrogens (tertiary/aromatic N) is 5. The highest BCUT2D eigenvalue weighted by Gasteiger charge is 2.28. The molecule has 4 rings (SSSR count). The van der Waals surface area contributed by atoms with Gasteiger partial charge >= 0.3 is 0 Å². The number of hydrogen-bond donors (Lipinski definition) is 0. The molecular formula is C20H23N5O. The van der Waals surface area contributed by atoms with Crippen molar-refractivity contribution in [3.8, 4) is 0 Å². The Balaban J connectivity index is 1.53. The first-order valence-corrected chi connectivity index (χ1v) is 9.01. The Labute approximate surface area is 153 Å². The molecule has 3 aromatic rings. The Morgan fingerprint density at radius 3 is 2.88 bits per heavy atom. The number of imidazole rings is 1. The summed E-state index contributed by atoms with van der Waals surface area (Å²) >= 11 is 0. The summed E-state index contributed by atoms with van der Waals surface area (Å²) in [7, 11) is 1.88. The van der Waals surface area contributed by atoms with Gasteiger partial charge in [0.2, 0.25) is 0 Å². The first kappa shape index (κ1) is 16.6. The maximum Gasteiger partial charge on any atom is 0.274 e. The monoisotopic (exact) mass is 349 g/mol. The van der Waals surface area contributed by atoms with Gasteiger partial charge in [-0.2, -0.15) is 0 Å². The minimum Gasteiger partial charge on any atom is -0.355 e. The van der Waals surface area contributed by atoms with Crippen molar-refractivity contribution in [2.75, 3.05) is 25.0 Å². The van der Waals surface area contributed by atoms with E-state index in [4.69, 9.17) is 0 Å². The van der Waals surface area contributed by atoms with E-state index in [-0.39, 0.29) is 11.9 Å². The van der Waals surface area contributed by atoms with Gasteiger partial charge < -0.3 is 14.2 Å². The number of likely N-dealkylation sites (N-methyl/N-ethyl adjacent to an activating group) is 1. The van der Waals surface area contributed by atoms with Gasteiger partial charge in [0.1, 0.15) is 17.2 Å². The van der Waals surface area contributed by atoms with Crippen molar-refractivity contribution >= 4 is 17.4 Å². The van der Waals surface area contributed by atoms with E-state index in [0.717, 1.165) is 43.1 Å². The molecule has 0 spiro atoms. The van der Waals surface area contributed by atoms with Crippen LogP contribution < -0.4 is 4.90 Å². The summed E-state index contributed by atoms with van der Waals surface area (Å²) < 4.78 is 1.96. The lowest BCUT2D eigenvalue weighted by Gasteiger charge is -2.38. The van der Waals surface area contributed by atoms with Crippen molar-refractivity contribution in [1.82, 2.24) is 19.3 Å². The highest BCUT2D eigenvalue weighted by atomic mass is 16.2. The second-order valence-electron chi connectivity index (χ2n) is 6.87. The van der Waals surface area contributed by atoms with Crippen molar-refractivity contribution in [3.05, 3.63) is 60.2 Å². The molecule has 1 saturated heterocycles.